The van der Waals surface area contributed by atoms with Gasteiger partial charge in [-0.15, -0.1) is 0 Å². The minimum Gasteiger partial charge on any atom is -0.467 e. The van der Waals surface area contributed by atoms with Crippen LogP contribution in [-0.4, -0.2) is 25.0 Å². The summed E-state index contributed by atoms with van der Waals surface area (Å²) >= 11 is 0. The first kappa shape index (κ1) is 16.5. The van der Waals surface area contributed by atoms with E-state index in [0.717, 1.165) is 38.5 Å². The smallest absolute Gasteiger partial charge is 0.328 e. The van der Waals surface area contributed by atoms with Crippen molar-refractivity contribution in [2.24, 2.45) is 5.92 Å². The lowest BCUT2D eigenvalue weighted by atomic mass is 9.88. The van der Waals surface area contributed by atoms with Gasteiger partial charge in [0, 0.05) is 12.3 Å². The first-order valence-electron chi connectivity index (χ1n) is 7.44. The molecule has 0 bridgehead atoms. The number of nitrogens with zero attached hydrogens (tertiary/aromatic N) is 1. The molecule has 1 atom stereocenters. The zero-order valence-electron chi connectivity index (χ0n) is 12.2. The summed E-state index contributed by atoms with van der Waals surface area (Å²) in [5.41, 5.74) is 0. The molecule has 1 saturated carbocycles. The highest BCUT2D eigenvalue weighted by molar-refractivity contribution is 5.85. The SMILES string of the molecule is COC(=O)[C@@H](CCCCC#N)NC(=O)C1CCCCC1. The van der Waals surface area contributed by atoms with Crippen LogP contribution in [0.2, 0.25) is 0 Å². The number of ether oxygens (including phenoxy) is 1. The molecule has 0 radical (unpaired) electrons. The molecule has 1 rings (SSSR count). The first-order chi connectivity index (χ1) is 9.69. The summed E-state index contributed by atoms with van der Waals surface area (Å²) in [7, 11) is 1.33. The minimum absolute atomic E-state index is 0.0274. The predicted octanol–water partition coefficient (Wildman–Crippen LogP) is 2.31. The highest BCUT2D eigenvalue weighted by Gasteiger charge is 2.26. The van der Waals surface area contributed by atoms with Gasteiger partial charge in [0.25, 0.3) is 0 Å². The molecule has 1 aliphatic carbocycles. The molecule has 112 valence electrons. The van der Waals surface area contributed by atoms with Gasteiger partial charge in [-0.1, -0.05) is 19.3 Å². The maximum absolute atomic E-state index is 12.1. The Kier molecular flexibility index (Phi) is 7.71. The van der Waals surface area contributed by atoms with Gasteiger partial charge >= 0.3 is 5.97 Å². The third-order valence-electron chi connectivity index (χ3n) is 3.81. The number of amides is 1. The molecular weight excluding hydrogens is 256 g/mol. The highest BCUT2D eigenvalue weighted by atomic mass is 16.5. The van der Waals surface area contributed by atoms with Crippen molar-refractivity contribution in [1.29, 1.82) is 5.26 Å². The van der Waals surface area contributed by atoms with Gasteiger partial charge in [0.2, 0.25) is 5.91 Å². The van der Waals surface area contributed by atoms with Crippen molar-refractivity contribution < 1.29 is 14.3 Å². The number of nitriles is 1. The first-order valence-corrected chi connectivity index (χ1v) is 7.44. The molecule has 0 unspecified atom stereocenters. The summed E-state index contributed by atoms with van der Waals surface area (Å²) in [5, 5.41) is 11.3. The normalized spacial score (nSPS) is 17.0. The Morgan fingerprint density at radius 1 is 1.30 bits per heavy atom. The minimum atomic E-state index is -0.576. The van der Waals surface area contributed by atoms with E-state index < -0.39 is 12.0 Å². The van der Waals surface area contributed by atoms with Crippen LogP contribution in [0.1, 0.15) is 57.8 Å². The maximum Gasteiger partial charge on any atom is 0.328 e. The topological polar surface area (TPSA) is 79.2 Å². The van der Waals surface area contributed by atoms with E-state index in [2.05, 4.69) is 11.4 Å². The van der Waals surface area contributed by atoms with Crippen molar-refractivity contribution in [2.45, 2.75) is 63.8 Å². The molecule has 1 aliphatic rings. The number of methoxy groups -OCH3 is 1. The summed E-state index contributed by atoms with van der Waals surface area (Å²) in [6, 6.07) is 1.50. The van der Waals surface area contributed by atoms with Gasteiger partial charge in [0.15, 0.2) is 0 Å². The number of nitrogens with one attached hydrogen (secondary N) is 1. The number of carbonyl (C=O) groups is 2. The Balaban J connectivity index is 2.44. The van der Waals surface area contributed by atoms with Crippen LogP contribution in [0.15, 0.2) is 0 Å². The molecule has 20 heavy (non-hydrogen) atoms. The number of unbranched alkanes of at least 4 members (excludes halogenated alkanes) is 2. The van der Waals surface area contributed by atoms with E-state index in [9.17, 15) is 9.59 Å². The third kappa shape index (κ3) is 5.60. The van der Waals surface area contributed by atoms with Crippen LogP contribution >= 0.6 is 0 Å². The summed E-state index contributed by atoms with van der Waals surface area (Å²) in [6.07, 6.45) is 7.67. The summed E-state index contributed by atoms with van der Waals surface area (Å²) in [5.74, 6) is -0.387. The lowest BCUT2D eigenvalue weighted by Gasteiger charge is -2.23. The number of rotatable bonds is 7. The second kappa shape index (κ2) is 9.35. The molecule has 0 heterocycles. The molecule has 5 nitrogen and oxygen atoms in total. The van der Waals surface area contributed by atoms with Crippen LogP contribution in [0.25, 0.3) is 0 Å². The van der Waals surface area contributed by atoms with E-state index >= 15 is 0 Å². The van der Waals surface area contributed by atoms with Crippen LogP contribution in [0.5, 0.6) is 0 Å². The van der Waals surface area contributed by atoms with Gasteiger partial charge in [-0.3, -0.25) is 4.79 Å². The Morgan fingerprint density at radius 2 is 2.00 bits per heavy atom. The fourth-order valence-electron chi connectivity index (χ4n) is 2.60. The molecule has 5 heteroatoms. The summed E-state index contributed by atoms with van der Waals surface area (Å²) < 4.78 is 4.74. The molecule has 0 aromatic rings. The Hall–Kier alpha value is -1.57. The molecule has 0 aromatic heterocycles. The second-order valence-corrected chi connectivity index (χ2v) is 5.32. The monoisotopic (exact) mass is 280 g/mol. The largest absolute Gasteiger partial charge is 0.467 e. The number of hydrogen-bond acceptors (Lipinski definition) is 4. The fraction of sp³-hybridized carbons (Fsp3) is 0.800. The van der Waals surface area contributed by atoms with Gasteiger partial charge in [0.05, 0.1) is 13.2 Å². The van der Waals surface area contributed by atoms with Gasteiger partial charge in [-0.05, 0) is 32.1 Å². The van der Waals surface area contributed by atoms with Crippen LogP contribution in [0.4, 0.5) is 0 Å². The van der Waals surface area contributed by atoms with E-state index in [1.54, 1.807) is 0 Å². The number of hydrogen-bond donors (Lipinski definition) is 1. The molecule has 0 saturated heterocycles. The standard InChI is InChI=1S/C15H24N2O3/c1-20-15(19)13(10-6-3-7-11-16)17-14(18)12-8-4-2-5-9-12/h12-13H,2-10H2,1H3,(H,17,18)/t13-/m1/s1. The third-order valence-corrected chi connectivity index (χ3v) is 3.81. The van der Waals surface area contributed by atoms with Crippen LogP contribution < -0.4 is 5.32 Å². The number of carbonyl (C=O) groups excluding carboxylic acids is 2. The summed E-state index contributed by atoms with van der Waals surface area (Å²) in [6.45, 7) is 0. The quantitative estimate of drug-likeness (QED) is 0.573. The molecule has 1 N–H and O–H groups in total. The van der Waals surface area contributed by atoms with Crippen molar-refractivity contribution in [2.75, 3.05) is 7.11 Å². The van der Waals surface area contributed by atoms with Crippen molar-refractivity contribution in [3.8, 4) is 6.07 Å². The van der Waals surface area contributed by atoms with Gasteiger partial charge < -0.3 is 10.1 Å². The van der Waals surface area contributed by atoms with Crippen LogP contribution in [0, 0.1) is 17.2 Å². The Labute approximate surface area is 120 Å². The van der Waals surface area contributed by atoms with E-state index in [0.29, 0.717) is 12.8 Å². The van der Waals surface area contributed by atoms with Crippen LogP contribution in [0.3, 0.4) is 0 Å². The Bertz CT molecular complexity index is 357. The van der Waals surface area contributed by atoms with E-state index in [-0.39, 0.29) is 11.8 Å². The van der Waals surface area contributed by atoms with Gasteiger partial charge in [-0.25, -0.2) is 4.79 Å². The predicted molar refractivity (Wildman–Crippen MR) is 74.6 cm³/mol. The lowest BCUT2D eigenvalue weighted by Crippen LogP contribution is -2.44. The molecule has 0 aliphatic heterocycles. The van der Waals surface area contributed by atoms with Crippen molar-refractivity contribution >= 4 is 11.9 Å². The van der Waals surface area contributed by atoms with Crippen molar-refractivity contribution in [3.63, 3.8) is 0 Å². The molecule has 0 aromatic carbocycles. The average molecular weight is 280 g/mol. The van der Waals surface area contributed by atoms with Crippen molar-refractivity contribution in [1.82, 2.24) is 5.32 Å². The zero-order valence-corrected chi connectivity index (χ0v) is 12.2. The van der Waals surface area contributed by atoms with Gasteiger partial charge in [-0.2, -0.15) is 5.26 Å². The highest BCUT2D eigenvalue weighted by Crippen LogP contribution is 2.24. The lowest BCUT2D eigenvalue weighted by molar-refractivity contribution is -0.146. The van der Waals surface area contributed by atoms with Gasteiger partial charge in [0.1, 0.15) is 6.04 Å². The molecule has 1 amide bonds. The average Bonchev–Trinajstić information content (AvgIpc) is 2.50. The second-order valence-electron chi connectivity index (χ2n) is 5.32. The Morgan fingerprint density at radius 3 is 2.60 bits per heavy atom. The molecule has 1 fully saturated rings. The molecular formula is C15H24N2O3. The van der Waals surface area contributed by atoms with E-state index in [4.69, 9.17) is 10.00 Å². The maximum atomic E-state index is 12.1. The molecule has 0 spiro atoms. The van der Waals surface area contributed by atoms with Crippen LogP contribution in [-0.2, 0) is 14.3 Å². The number of esters is 1. The van der Waals surface area contributed by atoms with E-state index in [1.807, 2.05) is 0 Å². The summed E-state index contributed by atoms with van der Waals surface area (Å²) in [4.78, 5) is 23.8. The fourth-order valence-corrected chi connectivity index (χ4v) is 2.60. The van der Waals surface area contributed by atoms with E-state index in [1.165, 1.54) is 13.5 Å². The van der Waals surface area contributed by atoms with Crippen molar-refractivity contribution in [3.05, 3.63) is 0 Å². The zero-order chi connectivity index (χ0) is 14.8.